The Morgan fingerprint density at radius 3 is 2.57 bits per heavy atom. The van der Waals surface area contributed by atoms with Crippen molar-refractivity contribution in [3.8, 4) is 0 Å². The van der Waals surface area contributed by atoms with Crippen LogP contribution in [0, 0.1) is 11.2 Å². The predicted octanol–water partition coefficient (Wildman–Crippen LogP) is 2.19. The van der Waals surface area contributed by atoms with E-state index in [0.717, 1.165) is 57.5 Å². The maximum atomic E-state index is 13.2. The molecule has 0 unspecified atom stereocenters. The predicted molar refractivity (Wildman–Crippen MR) is 79.1 cm³/mol. The van der Waals surface area contributed by atoms with Crippen LogP contribution < -0.4 is 5.73 Å². The van der Waals surface area contributed by atoms with Crippen molar-refractivity contribution in [2.45, 2.75) is 25.8 Å². The first kappa shape index (κ1) is 14.3. The lowest BCUT2D eigenvalue weighted by atomic mass is 9.77. The number of hydrogen-bond donors (Lipinski definition) is 1. The van der Waals surface area contributed by atoms with Gasteiger partial charge in [-0.15, -0.1) is 0 Å². The number of urea groups is 1. The van der Waals surface area contributed by atoms with Crippen LogP contribution in [-0.2, 0) is 6.54 Å². The Balaban J connectivity index is 1.55. The molecule has 2 N–H and O–H groups in total. The first-order valence-electron chi connectivity index (χ1n) is 7.58. The standard InChI is InChI=1S/C16H22FN3O/c17-14-3-1-2-13(10-14)11-19-7-4-16(5-8-19)6-9-20(12-16)15(18)21/h1-3,10H,4-9,11-12H2,(H2,18,21). The monoisotopic (exact) mass is 291 g/mol. The number of hydrogen-bond acceptors (Lipinski definition) is 2. The molecule has 0 bridgehead atoms. The molecule has 0 saturated carbocycles. The molecule has 2 saturated heterocycles. The van der Waals surface area contributed by atoms with E-state index in [1.807, 2.05) is 6.07 Å². The Morgan fingerprint density at radius 1 is 1.24 bits per heavy atom. The maximum Gasteiger partial charge on any atom is 0.314 e. The summed E-state index contributed by atoms with van der Waals surface area (Å²) < 4.78 is 13.2. The van der Waals surface area contributed by atoms with Crippen molar-refractivity contribution in [1.82, 2.24) is 9.80 Å². The van der Waals surface area contributed by atoms with Crippen LogP contribution in [0.3, 0.4) is 0 Å². The Kier molecular flexibility index (Phi) is 3.85. The average Bonchev–Trinajstić information content (AvgIpc) is 2.86. The summed E-state index contributed by atoms with van der Waals surface area (Å²) >= 11 is 0. The second kappa shape index (κ2) is 5.64. The molecule has 114 valence electrons. The van der Waals surface area contributed by atoms with Crippen molar-refractivity contribution < 1.29 is 9.18 Å². The van der Waals surface area contributed by atoms with Crippen molar-refractivity contribution in [3.63, 3.8) is 0 Å². The number of likely N-dealkylation sites (tertiary alicyclic amines) is 2. The van der Waals surface area contributed by atoms with Gasteiger partial charge in [-0.2, -0.15) is 0 Å². The van der Waals surface area contributed by atoms with Gasteiger partial charge in [-0.3, -0.25) is 4.90 Å². The van der Waals surface area contributed by atoms with Gasteiger partial charge in [0.15, 0.2) is 0 Å². The summed E-state index contributed by atoms with van der Waals surface area (Å²) in [6.45, 7) is 4.40. The van der Waals surface area contributed by atoms with E-state index in [1.54, 1.807) is 17.0 Å². The number of amides is 2. The minimum Gasteiger partial charge on any atom is -0.351 e. The van der Waals surface area contributed by atoms with Crippen LogP contribution in [0.4, 0.5) is 9.18 Å². The lowest BCUT2D eigenvalue weighted by Gasteiger charge is -2.39. The fourth-order valence-electron chi connectivity index (χ4n) is 3.61. The van der Waals surface area contributed by atoms with E-state index in [0.29, 0.717) is 0 Å². The third-order valence-corrected chi connectivity index (χ3v) is 4.96. The van der Waals surface area contributed by atoms with Gasteiger partial charge in [0.25, 0.3) is 0 Å². The van der Waals surface area contributed by atoms with E-state index < -0.39 is 0 Å². The minimum atomic E-state index is -0.297. The Labute approximate surface area is 124 Å². The molecule has 3 rings (SSSR count). The number of carbonyl (C=O) groups is 1. The maximum absolute atomic E-state index is 13.2. The summed E-state index contributed by atoms with van der Waals surface area (Å²) in [5, 5.41) is 0. The van der Waals surface area contributed by atoms with Crippen LogP contribution in [-0.4, -0.2) is 42.0 Å². The summed E-state index contributed by atoms with van der Waals surface area (Å²) in [6.07, 6.45) is 3.24. The van der Waals surface area contributed by atoms with Crippen LogP contribution in [0.15, 0.2) is 24.3 Å². The fraction of sp³-hybridized carbons (Fsp3) is 0.562. The molecule has 2 aliphatic heterocycles. The van der Waals surface area contributed by atoms with E-state index in [-0.39, 0.29) is 17.3 Å². The van der Waals surface area contributed by atoms with Gasteiger partial charge < -0.3 is 10.6 Å². The van der Waals surface area contributed by atoms with Crippen molar-refractivity contribution in [3.05, 3.63) is 35.6 Å². The van der Waals surface area contributed by atoms with Crippen molar-refractivity contribution in [1.29, 1.82) is 0 Å². The van der Waals surface area contributed by atoms with Gasteiger partial charge >= 0.3 is 6.03 Å². The summed E-state index contributed by atoms with van der Waals surface area (Å²) in [7, 11) is 0. The van der Waals surface area contributed by atoms with Gasteiger partial charge in [-0.25, -0.2) is 9.18 Å². The number of rotatable bonds is 2. The molecule has 1 spiro atoms. The number of nitrogens with two attached hydrogens (primary N) is 1. The van der Waals surface area contributed by atoms with E-state index in [2.05, 4.69) is 4.90 Å². The molecule has 21 heavy (non-hydrogen) atoms. The first-order chi connectivity index (χ1) is 10.1. The lowest BCUT2D eigenvalue weighted by Crippen LogP contribution is -2.42. The second-order valence-electron chi connectivity index (χ2n) is 6.42. The molecule has 2 amide bonds. The van der Waals surface area contributed by atoms with Gasteiger partial charge in [0.2, 0.25) is 0 Å². The summed E-state index contributed by atoms with van der Waals surface area (Å²) in [5.41, 5.74) is 6.65. The summed E-state index contributed by atoms with van der Waals surface area (Å²) in [4.78, 5) is 15.4. The number of benzene rings is 1. The molecule has 1 aromatic carbocycles. The molecule has 0 aliphatic carbocycles. The van der Waals surface area contributed by atoms with Crippen LogP contribution in [0.2, 0.25) is 0 Å². The van der Waals surface area contributed by atoms with E-state index in [4.69, 9.17) is 5.73 Å². The highest BCUT2D eigenvalue weighted by Crippen LogP contribution is 2.40. The first-order valence-corrected chi connectivity index (χ1v) is 7.58. The SMILES string of the molecule is NC(=O)N1CCC2(CCN(Cc3cccc(F)c3)CC2)C1. The van der Waals surface area contributed by atoms with Crippen LogP contribution in [0.5, 0.6) is 0 Å². The van der Waals surface area contributed by atoms with Gasteiger partial charge in [0.1, 0.15) is 5.82 Å². The molecule has 4 nitrogen and oxygen atoms in total. The Bertz CT molecular complexity index is 526. The number of primary amides is 1. The lowest BCUT2D eigenvalue weighted by molar-refractivity contribution is 0.105. The molecular weight excluding hydrogens is 269 g/mol. The topological polar surface area (TPSA) is 49.6 Å². The zero-order valence-corrected chi connectivity index (χ0v) is 12.2. The van der Waals surface area contributed by atoms with Crippen molar-refractivity contribution in [2.75, 3.05) is 26.2 Å². The average molecular weight is 291 g/mol. The molecule has 5 heteroatoms. The Morgan fingerprint density at radius 2 is 1.95 bits per heavy atom. The van der Waals surface area contributed by atoms with E-state index >= 15 is 0 Å². The Hall–Kier alpha value is -1.62. The largest absolute Gasteiger partial charge is 0.351 e. The molecular formula is C16H22FN3O. The molecule has 0 atom stereocenters. The molecule has 2 heterocycles. The van der Waals surface area contributed by atoms with E-state index in [9.17, 15) is 9.18 Å². The number of halogens is 1. The smallest absolute Gasteiger partial charge is 0.314 e. The second-order valence-corrected chi connectivity index (χ2v) is 6.42. The van der Waals surface area contributed by atoms with E-state index in [1.165, 1.54) is 6.07 Å². The van der Waals surface area contributed by atoms with Gasteiger partial charge in [0.05, 0.1) is 0 Å². The number of carbonyl (C=O) groups excluding carboxylic acids is 1. The molecule has 2 fully saturated rings. The van der Waals surface area contributed by atoms with Gasteiger partial charge in [-0.05, 0) is 55.5 Å². The fourth-order valence-corrected chi connectivity index (χ4v) is 3.61. The molecule has 1 aromatic rings. The van der Waals surface area contributed by atoms with Gasteiger partial charge in [0, 0.05) is 19.6 Å². The third-order valence-electron chi connectivity index (χ3n) is 4.96. The van der Waals surface area contributed by atoms with Crippen LogP contribution >= 0.6 is 0 Å². The third kappa shape index (κ3) is 3.18. The number of nitrogens with zero attached hydrogens (tertiary/aromatic N) is 2. The quantitative estimate of drug-likeness (QED) is 0.908. The molecule has 0 radical (unpaired) electrons. The zero-order chi connectivity index (χ0) is 14.9. The highest BCUT2D eigenvalue weighted by molar-refractivity contribution is 5.72. The van der Waals surface area contributed by atoms with Crippen molar-refractivity contribution in [2.24, 2.45) is 11.1 Å². The summed E-state index contributed by atoms with van der Waals surface area (Å²) in [5.74, 6) is -0.172. The molecule has 0 aromatic heterocycles. The number of piperidine rings is 1. The normalized spacial score (nSPS) is 21.9. The molecule has 2 aliphatic rings. The van der Waals surface area contributed by atoms with Crippen molar-refractivity contribution >= 4 is 6.03 Å². The highest BCUT2D eigenvalue weighted by Gasteiger charge is 2.41. The van der Waals surface area contributed by atoms with Crippen LogP contribution in [0.1, 0.15) is 24.8 Å². The van der Waals surface area contributed by atoms with Crippen LogP contribution in [0.25, 0.3) is 0 Å². The highest BCUT2D eigenvalue weighted by atomic mass is 19.1. The summed E-state index contributed by atoms with van der Waals surface area (Å²) in [6, 6.07) is 6.52. The zero-order valence-electron chi connectivity index (χ0n) is 12.2. The van der Waals surface area contributed by atoms with Gasteiger partial charge in [-0.1, -0.05) is 12.1 Å². The minimum absolute atomic E-state index is 0.172.